The molecule has 0 N–H and O–H groups in total. The van der Waals surface area contributed by atoms with Crippen LogP contribution in [-0.2, 0) is 0 Å². The number of rotatable bonds is 20. The van der Waals surface area contributed by atoms with Gasteiger partial charge in [0.05, 0.1) is 6.17 Å². The van der Waals surface area contributed by atoms with Crippen LogP contribution in [0.3, 0.4) is 0 Å². The molecule has 0 fully saturated rings. The van der Waals surface area contributed by atoms with Gasteiger partial charge in [-0.15, -0.1) is 0 Å². The van der Waals surface area contributed by atoms with Crippen molar-refractivity contribution in [2.24, 2.45) is 0 Å². The zero-order valence-electron chi connectivity index (χ0n) is 19.8. The van der Waals surface area contributed by atoms with E-state index in [2.05, 4.69) is 43.0 Å². The predicted molar refractivity (Wildman–Crippen MR) is 126 cm³/mol. The first-order chi connectivity index (χ1) is 13.8. The summed E-state index contributed by atoms with van der Waals surface area (Å²) in [6.45, 7) is 9.32. The standard InChI is InChI=1S/C26H52N2/c1-4-6-7-8-9-10-11-12-13-14-15-16-17-18-19-20-21-23-28-25-24-27(22-5-2)26(28)3/h24-26H,4-23H2,1-3H3. The Morgan fingerprint density at radius 3 is 1.21 bits per heavy atom. The second-order valence-electron chi connectivity index (χ2n) is 9.06. The summed E-state index contributed by atoms with van der Waals surface area (Å²) < 4.78 is 0. The summed E-state index contributed by atoms with van der Waals surface area (Å²) in [5.41, 5.74) is 0. The molecule has 0 aromatic heterocycles. The number of nitrogens with zero attached hydrogens (tertiary/aromatic N) is 2. The average molecular weight is 393 g/mol. The van der Waals surface area contributed by atoms with Crippen LogP contribution in [0.2, 0.25) is 0 Å². The fraction of sp³-hybridized carbons (Fsp3) is 0.923. The van der Waals surface area contributed by atoms with Gasteiger partial charge in [0, 0.05) is 25.5 Å². The van der Waals surface area contributed by atoms with E-state index in [0.29, 0.717) is 6.17 Å². The summed E-state index contributed by atoms with van der Waals surface area (Å²) in [7, 11) is 0. The molecular formula is C26H52N2. The van der Waals surface area contributed by atoms with Gasteiger partial charge in [-0.25, -0.2) is 0 Å². The van der Waals surface area contributed by atoms with Crippen LogP contribution in [-0.4, -0.2) is 29.1 Å². The van der Waals surface area contributed by atoms with Crippen LogP contribution >= 0.6 is 0 Å². The minimum Gasteiger partial charge on any atom is -0.356 e. The highest BCUT2D eigenvalue weighted by atomic mass is 15.4. The highest BCUT2D eigenvalue weighted by Gasteiger charge is 2.19. The van der Waals surface area contributed by atoms with Gasteiger partial charge in [-0.05, 0) is 19.8 Å². The molecule has 1 unspecified atom stereocenters. The number of unbranched alkanes of at least 4 members (excludes halogenated alkanes) is 16. The molecule has 2 nitrogen and oxygen atoms in total. The molecule has 28 heavy (non-hydrogen) atoms. The third-order valence-electron chi connectivity index (χ3n) is 6.41. The first-order valence-corrected chi connectivity index (χ1v) is 13.0. The Hall–Kier alpha value is -0.660. The molecule has 1 aliphatic heterocycles. The van der Waals surface area contributed by atoms with E-state index < -0.39 is 0 Å². The van der Waals surface area contributed by atoms with Gasteiger partial charge in [0.2, 0.25) is 0 Å². The minimum atomic E-state index is 0.570. The summed E-state index contributed by atoms with van der Waals surface area (Å²) in [5, 5.41) is 0. The smallest absolute Gasteiger partial charge is 0.0977 e. The zero-order valence-corrected chi connectivity index (χ0v) is 19.8. The minimum absolute atomic E-state index is 0.570. The highest BCUT2D eigenvalue weighted by molar-refractivity contribution is 4.95. The largest absolute Gasteiger partial charge is 0.356 e. The second kappa shape index (κ2) is 18.4. The summed E-state index contributed by atoms with van der Waals surface area (Å²) in [5.74, 6) is 0. The number of hydrogen-bond acceptors (Lipinski definition) is 2. The third kappa shape index (κ3) is 12.7. The molecular weight excluding hydrogens is 340 g/mol. The first kappa shape index (κ1) is 25.4. The van der Waals surface area contributed by atoms with Crippen molar-refractivity contribution in [3.63, 3.8) is 0 Å². The Balaban J connectivity index is 1.75. The van der Waals surface area contributed by atoms with Gasteiger partial charge >= 0.3 is 0 Å². The van der Waals surface area contributed by atoms with Gasteiger partial charge in [-0.3, -0.25) is 0 Å². The Bertz CT molecular complexity index is 352. The van der Waals surface area contributed by atoms with Crippen LogP contribution in [0.1, 0.15) is 136 Å². The van der Waals surface area contributed by atoms with E-state index in [1.165, 1.54) is 129 Å². The van der Waals surface area contributed by atoms with E-state index in [1.54, 1.807) is 0 Å². The lowest BCUT2D eigenvalue weighted by Gasteiger charge is -2.29. The van der Waals surface area contributed by atoms with E-state index in [-0.39, 0.29) is 0 Å². The van der Waals surface area contributed by atoms with Gasteiger partial charge in [0.15, 0.2) is 0 Å². The Kier molecular flexibility index (Phi) is 16.7. The van der Waals surface area contributed by atoms with Crippen LogP contribution < -0.4 is 0 Å². The van der Waals surface area contributed by atoms with Crippen molar-refractivity contribution >= 4 is 0 Å². The Morgan fingerprint density at radius 2 is 0.821 bits per heavy atom. The monoisotopic (exact) mass is 392 g/mol. The molecule has 1 aliphatic rings. The SMILES string of the molecule is CCCCCCCCCCCCCCCCCCCN1C=CN(CCC)C1C. The molecule has 0 aliphatic carbocycles. The first-order valence-electron chi connectivity index (χ1n) is 13.0. The van der Waals surface area contributed by atoms with Crippen LogP contribution in [0.4, 0.5) is 0 Å². The van der Waals surface area contributed by atoms with Crippen molar-refractivity contribution in [2.45, 2.75) is 143 Å². The zero-order chi connectivity index (χ0) is 20.3. The van der Waals surface area contributed by atoms with Gasteiger partial charge in [-0.2, -0.15) is 0 Å². The maximum absolute atomic E-state index is 2.51. The third-order valence-corrected chi connectivity index (χ3v) is 6.41. The Morgan fingerprint density at radius 1 is 0.464 bits per heavy atom. The quantitative estimate of drug-likeness (QED) is 0.192. The van der Waals surface area contributed by atoms with Crippen LogP contribution in [0, 0.1) is 0 Å². The average Bonchev–Trinajstić information content (AvgIpc) is 3.04. The van der Waals surface area contributed by atoms with E-state index in [0.717, 1.165) is 0 Å². The van der Waals surface area contributed by atoms with Crippen LogP contribution in [0.5, 0.6) is 0 Å². The normalized spacial score (nSPS) is 16.5. The van der Waals surface area contributed by atoms with Crippen molar-refractivity contribution in [3.8, 4) is 0 Å². The molecule has 0 bridgehead atoms. The molecule has 0 spiro atoms. The lowest BCUT2D eigenvalue weighted by molar-refractivity contribution is 0.168. The predicted octanol–water partition coefficient (Wildman–Crippen LogP) is 8.48. The van der Waals surface area contributed by atoms with Crippen molar-refractivity contribution in [3.05, 3.63) is 12.4 Å². The molecule has 0 aromatic rings. The molecule has 0 radical (unpaired) electrons. The van der Waals surface area contributed by atoms with Gasteiger partial charge in [-0.1, -0.05) is 117 Å². The molecule has 1 atom stereocenters. The van der Waals surface area contributed by atoms with Crippen LogP contribution in [0.15, 0.2) is 12.4 Å². The second-order valence-corrected chi connectivity index (χ2v) is 9.06. The fourth-order valence-corrected chi connectivity index (χ4v) is 4.41. The van der Waals surface area contributed by atoms with Crippen molar-refractivity contribution in [1.82, 2.24) is 9.80 Å². The maximum Gasteiger partial charge on any atom is 0.0977 e. The fourth-order valence-electron chi connectivity index (χ4n) is 4.41. The molecule has 0 amide bonds. The summed E-state index contributed by atoms with van der Waals surface area (Å²) in [6.07, 6.45) is 31.0. The molecule has 2 heteroatoms. The molecule has 0 aromatic carbocycles. The summed E-state index contributed by atoms with van der Waals surface area (Å²) >= 11 is 0. The van der Waals surface area contributed by atoms with Gasteiger partial charge in [0.1, 0.15) is 0 Å². The van der Waals surface area contributed by atoms with E-state index in [9.17, 15) is 0 Å². The van der Waals surface area contributed by atoms with Crippen molar-refractivity contribution in [1.29, 1.82) is 0 Å². The Labute approximate surface area is 178 Å². The van der Waals surface area contributed by atoms with Crippen molar-refractivity contribution in [2.75, 3.05) is 13.1 Å². The van der Waals surface area contributed by atoms with E-state index in [1.807, 2.05) is 0 Å². The molecule has 1 rings (SSSR count). The van der Waals surface area contributed by atoms with Crippen molar-refractivity contribution < 1.29 is 0 Å². The van der Waals surface area contributed by atoms with Crippen LogP contribution in [0.25, 0.3) is 0 Å². The van der Waals surface area contributed by atoms with E-state index >= 15 is 0 Å². The molecule has 0 saturated heterocycles. The highest BCUT2D eigenvalue weighted by Crippen LogP contribution is 2.18. The molecule has 0 saturated carbocycles. The lowest BCUT2D eigenvalue weighted by Crippen LogP contribution is -2.36. The maximum atomic E-state index is 2.51. The van der Waals surface area contributed by atoms with Gasteiger partial charge < -0.3 is 9.80 Å². The molecule has 1 heterocycles. The molecule has 166 valence electrons. The summed E-state index contributed by atoms with van der Waals surface area (Å²) in [4.78, 5) is 4.98. The topological polar surface area (TPSA) is 6.48 Å². The van der Waals surface area contributed by atoms with Gasteiger partial charge in [0.25, 0.3) is 0 Å². The number of hydrogen-bond donors (Lipinski definition) is 0. The summed E-state index contributed by atoms with van der Waals surface area (Å²) in [6, 6.07) is 0. The van der Waals surface area contributed by atoms with E-state index in [4.69, 9.17) is 0 Å². The lowest BCUT2D eigenvalue weighted by atomic mass is 10.0.